The average Bonchev–Trinajstić information content (AvgIpc) is 3.31. The van der Waals surface area contributed by atoms with E-state index in [1.165, 1.54) is 0 Å². The Labute approximate surface area is 402 Å². The number of allylic oxidation sites excluding steroid dienone is 16. The fourth-order valence-electron chi connectivity index (χ4n) is 6.97. The second-order valence-corrected chi connectivity index (χ2v) is 18.3. The predicted octanol–water partition coefficient (Wildman–Crippen LogP) is 10.6. The monoisotopic (exact) mass is 963 g/mol. The van der Waals surface area contributed by atoms with Crippen LogP contribution in [0.4, 0.5) is 0 Å². The number of unbranched alkanes of at least 4 members (excludes halogenated alkanes) is 12. The third-order valence-electron chi connectivity index (χ3n) is 10.9. The van der Waals surface area contributed by atoms with Crippen LogP contribution in [-0.2, 0) is 32.7 Å². The summed E-state index contributed by atoms with van der Waals surface area (Å²) in [5.41, 5.74) is 0. The smallest absolute Gasteiger partial charge is 0.462 e. The zero-order valence-electron chi connectivity index (χ0n) is 40.7. The van der Waals surface area contributed by atoms with E-state index in [9.17, 15) is 44.6 Å². The molecule has 0 aromatic rings. The van der Waals surface area contributed by atoms with Gasteiger partial charge in [-0.25, -0.2) is 4.57 Å². The Balaban J connectivity index is 2.44. The number of carbonyl (C=O) groups is 2. The van der Waals surface area contributed by atoms with Gasteiger partial charge < -0.3 is 39.9 Å². The Kier molecular flexibility index (Phi) is 38.5. The molecule has 6 unspecified atom stereocenters. The third-order valence-corrected chi connectivity index (χ3v) is 11.9. The highest BCUT2D eigenvalue weighted by Crippen LogP contribution is 2.47. The van der Waals surface area contributed by atoms with Crippen molar-refractivity contribution in [2.75, 3.05) is 13.2 Å². The molecule has 0 amide bonds. The summed E-state index contributed by atoms with van der Waals surface area (Å²) in [6, 6.07) is 0. The molecule has 1 rings (SSSR count). The van der Waals surface area contributed by atoms with Gasteiger partial charge in [-0.1, -0.05) is 162 Å². The number of rotatable bonds is 40. The molecule has 1 aliphatic carbocycles. The van der Waals surface area contributed by atoms with Crippen LogP contribution in [-0.4, -0.2) is 98.3 Å². The van der Waals surface area contributed by atoms with Crippen molar-refractivity contribution in [3.8, 4) is 0 Å². The first kappa shape index (κ1) is 61.8. The first-order chi connectivity index (χ1) is 32.4. The third kappa shape index (κ3) is 33.8. The number of hydrogen-bond acceptors (Lipinski definition) is 12. The molecule has 0 saturated heterocycles. The summed E-state index contributed by atoms with van der Waals surface area (Å²) in [5.74, 6) is -1.14. The maximum absolute atomic E-state index is 12.9. The van der Waals surface area contributed by atoms with Crippen molar-refractivity contribution in [2.24, 2.45) is 0 Å². The van der Waals surface area contributed by atoms with Crippen LogP contribution in [0.2, 0.25) is 0 Å². The summed E-state index contributed by atoms with van der Waals surface area (Å²) >= 11 is 0. The zero-order chi connectivity index (χ0) is 49.2. The Hall–Kier alpha value is -3.23. The maximum Gasteiger partial charge on any atom is 0.472 e. The SMILES string of the molecule is CC/C=C\C/C=C\C/C=C\C/C=C\CCCCCCCCC(=O)OCC(COP(=O)(O)OC1C(O)C(O)C(O)C(O)C1O)OC(=O)CCCCCCCC/C=C\C/C=C\C/C=C\C/C=C\CC. The lowest BCUT2D eigenvalue weighted by molar-refractivity contribution is -0.220. The molecule has 0 bridgehead atoms. The van der Waals surface area contributed by atoms with Gasteiger partial charge in [-0.15, -0.1) is 0 Å². The van der Waals surface area contributed by atoms with E-state index in [0.29, 0.717) is 12.8 Å². The van der Waals surface area contributed by atoms with Crippen LogP contribution in [0.5, 0.6) is 0 Å². The van der Waals surface area contributed by atoms with Gasteiger partial charge in [0, 0.05) is 12.8 Å². The standard InChI is InChI=1S/C53H87O13P/c1-3-5-7-9-11-13-15-17-19-21-23-25-27-29-31-33-35-37-39-41-46(54)63-43-45(44-64-67(61,62)66-53-51(59)49(57)48(56)50(58)52(53)60)65-47(55)42-40-38-36-34-32-30-28-26-24-22-20-18-16-14-12-10-8-6-4-2/h5-8,11-14,17-20,23-26,45,48-53,56-60H,3-4,9-10,15-16,21-22,27-44H2,1-2H3,(H,61,62)/b7-5-,8-6-,13-11-,14-12-,19-17-,20-18-,25-23-,26-24-. The lowest BCUT2D eigenvalue weighted by Gasteiger charge is -2.41. The number of ether oxygens (including phenoxy) is 2. The summed E-state index contributed by atoms with van der Waals surface area (Å²) in [6.45, 7) is 3.05. The number of hydrogen-bond donors (Lipinski definition) is 6. The van der Waals surface area contributed by atoms with Crippen molar-refractivity contribution in [1.82, 2.24) is 0 Å². The summed E-state index contributed by atoms with van der Waals surface area (Å²) in [7, 11) is -5.14. The van der Waals surface area contributed by atoms with Gasteiger partial charge in [0.05, 0.1) is 6.61 Å². The van der Waals surface area contributed by atoms with Gasteiger partial charge in [0.1, 0.15) is 43.2 Å². The Bertz CT molecular complexity index is 1530. The highest BCUT2D eigenvalue weighted by Gasteiger charge is 2.51. The number of aliphatic hydroxyl groups is 5. The minimum absolute atomic E-state index is 0.0711. The molecule has 14 heteroatoms. The minimum atomic E-state index is -5.14. The minimum Gasteiger partial charge on any atom is -0.462 e. The van der Waals surface area contributed by atoms with Crippen molar-refractivity contribution in [1.29, 1.82) is 0 Å². The van der Waals surface area contributed by atoms with Gasteiger partial charge in [-0.3, -0.25) is 18.6 Å². The van der Waals surface area contributed by atoms with E-state index in [1.807, 2.05) is 0 Å². The van der Waals surface area contributed by atoms with Crippen LogP contribution in [0.25, 0.3) is 0 Å². The Morgan fingerprint density at radius 1 is 0.463 bits per heavy atom. The molecule has 0 heterocycles. The van der Waals surface area contributed by atoms with Gasteiger partial charge in [0.25, 0.3) is 0 Å². The first-order valence-corrected chi connectivity index (χ1v) is 26.5. The van der Waals surface area contributed by atoms with Gasteiger partial charge in [-0.2, -0.15) is 0 Å². The number of esters is 2. The largest absolute Gasteiger partial charge is 0.472 e. The van der Waals surface area contributed by atoms with Crippen molar-refractivity contribution < 1.29 is 63.1 Å². The second-order valence-electron chi connectivity index (χ2n) is 16.9. The summed E-state index contributed by atoms with van der Waals surface area (Å²) in [5, 5.41) is 50.3. The Morgan fingerprint density at radius 2 is 0.806 bits per heavy atom. The van der Waals surface area contributed by atoms with Gasteiger partial charge in [0.2, 0.25) is 0 Å². The first-order valence-electron chi connectivity index (χ1n) is 25.0. The molecular weight excluding hydrogens is 876 g/mol. The fourth-order valence-corrected chi connectivity index (χ4v) is 7.95. The van der Waals surface area contributed by atoms with E-state index in [1.54, 1.807) is 0 Å². The molecule has 0 aromatic carbocycles. The number of carbonyl (C=O) groups excluding carboxylic acids is 2. The van der Waals surface area contributed by atoms with Crippen molar-refractivity contribution >= 4 is 19.8 Å². The van der Waals surface area contributed by atoms with Crippen molar-refractivity contribution in [3.63, 3.8) is 0 Å². The van der Waals surface area contributed by atoms with Gasteiger partial charge >= 0.3 is 19.8 Å². The Morgan fingerprint density at radius 3 is 1.22 bits per heavy atom. The zero-order valence-corrected chi connectivity index (χ0v) is 41.5. The van der Waals surface area contributed by atoms with Gasteiger partial charge in [0.15, 0.2) is 6.10 Å². The van der Waals surface area contributed by atoms with Crippen LogP contribution >= 0.6 is 7.82 Å². The van der Waals surface area contributed by atoms with E-state index in [-0.39, 0.29) is 12.8 Å². The number of phosphoric ester groups is 1. The van der Waals surface area contributed by atoms with E-state index in [2.05, 4.69) is 111 Å². The van der Waals surface area contributed by atoms with Gasteiger partial charge in [-0.05, 0) is 89.9 Å². The van der Waals surface area contributed by atoms with E-state index in [0.717, 1.165) is 128 Å². The highest BCUT2D eigenvalue weighted by atomic mass is 31.2. The van der Waals surface area contributed by atoms with Crippen LogP contribution < -0.4 is 0 Å². The van der Waals surface area contributed by atoms with Crippen LogP contribution in [0.1, 0.15) is 168 Å². The summed E-state index contributed by atoms with van der Waals surface area (Å²) in [4.78, 5) is 35.8. The van der Waals surface area contributed by atoms with E-state index in [4.69, 9.17) is 18.5 Å². The molecule has 6 N–H and O–H groups in total. The quantitative estimate of drug-likeness (QED) is 0.0146. The molecule has 67 heavy (non-hydrogen) atoms. The molecular formula is C53H87O13P. The molecule has 0 aromatic heterocycles. The molecule has 1 aliphatic rings. The lowest BCUT2D eigenvalue weighted by atomic mass is 9.85. The molecule has 0 radical (unpaired) electrons. The van der Waals surface area contributed by atoms with Crippen LogP contribution in [0, 0.1) is 0 Å². The molecule has 1 saturated carbocycles. The molecule has 0 aliphatic heterocycles. The van der Waals surface area contributed by atoms with Crippen molar-refractivity contribution in [2.45, 2.75) is 211 Å². The predicted molar refractivity (Wildman–Crippen MR) is 267 cm³/mol. The van der Waals surface area contributed by atoms with Crippen LogP contribution in [0.15, 0.2) is 97.2 Å². The summed E-state index contributed by atoms with van der Waals surface area (Å²) in [6.07, 6.45) is 43.0. The van der Waals surface area contributed by atoms with Crippen molar-refractivity contribution in [3.05, 3.63) is 97.2 Å². The molecule has 0 spiro atoms. The maximum atomic E-state index is 12.9. The topological polar surface area (TPSA) is 210 Å². The highest BCUT2D eigenvalue weighted by molar-refractivity contribution is 7.47. The van der Waals surface area contributed by atoms with E-state index < -0.39 is 75.7 Å². The average molecular weight is 963 g/mol. The van der Waals surface area contributed by atoms with E-state index >= 15 is 0 Å². The van der Waals surface area contributed by atoms with Crippen LogP contribution in [0.3, 0.4) is 0 Å². The second kappa shape index (κ2) is 41.7. The lowest BCUT2D eigenvalue weighted by Crippen LogP contribution is -2.64. The number of phosphoric acid groups is 1. The molecule has 382 valence electrons. The molecule has 13 nitrogen and oxygen atoms in total. The fraction of sp³-hybridized carbons (Fsp3) is 0.660. The number of aliphatic hydroxyl groups excluding tert-OH is 5. The summed E-state index contributed by atoms with van der Waals surface area (Å²) < 4.78 is 33.6. The normalized spacial score (nSPS) is 22.0. The molecule has 1 fully saturated rings. The molecule has 6 atom stereocenters.